The molecule has 7 heteroatoms. The Labute approximate surface area is 191 Å². The van der Waals surface area contributed by atoms with Crippen LogP contribution in [0, 0.1) is 12.7 Å². The van der Waals surface area contributed by atoms with E-state index < -0.39 is 17.6 Å². The number of primary amides is 1. The fourth-order valence-electron chi connectivity index (χ4n) is 4.07. The first kappa shape index (κ1) is 22.4. The lowest BCUT2D eigenvalue weighted by Crippen LogP contribution is -2.23. The van der Waals surface area contributed by atoms with Crippen LogP contribution in [-0.2, 0) is 11.3 Å². The molecule has 1 aliphatic heterocycles. The quantitative estimate of drug-likeness (QED) is 0.560. The van der Waals surface area contributed by atoms with Gasteiger partial charge < -0.3 is 16.0 Å². The van der Waals surface area contributed by atoms with Gasteiger partial charge in [-0.2, -0.15) is 0 Å². The van der Waals surface area contributed by atoms with Crippen LogP contribution in [0.25, 0.3) is 0 Å². The maximum Gasteiger partial charge on any atom is 0.248 e. The number of carbonyl (C=O) groups excluding carboxylic acids is 2. The average molecular weight is 445 g/mol. The second-order valence-corrected chi connectivity index (χ2v) is 8.45. The Morgan fingerprint density at radius 2 is 1.82 bits per heavy atom. The molecule has 3 aromatic carbocycles. The van der Waals surface area contributed by atoms with Gasteiger partial charge in [0.05, 0.1) is 11.4 Å². The van der Waals surface area contributed by atoms with Crippen LogP contribution >= 0.6 is 0 Å². The number of nitrogens with one attached hydrogen (secondary N) is 1. The van der Waals surface area contributed by atoms with E-state index in [2.05, 4.69) is 10.2 Å². The standard InChI is InChI=1S/C26H25FN4O2/c1-15-12-17(25(28)32)6-10-20(15)24(29-19-8-4-16(5-9-19)14-31(2)3)23-21-11-7-18(27)13-22(21)30-26(23)33/h4-13,23H,14H2,1-3H3,(H2,28,32)(H,30,33). The molecule has 168 valence electrons. The number of aliphatic imine (C=N–C) groups is 1. The molecule has 0 fully saturated rings. The molecule has 3 aromatic rings. The van der Waals surface area contributed by atoms with Gasteiger partial charge in [0, 0.05) is 23.4 Å². The van der Waals surface area contributed by atoms with E-state index in [0.29, 0.717) is 28.2 Å². The number of halogens is 1. The van der Waals surface area contributed by atoms with Gasteiger partial charge in [-0.3, -0.25) is 14.6 Å². The van der Waals surface area contributed by atoms with Crippen molar-refractivity contribution in [2.75, 3.05) is 19.4 Å². The highest BCUT2D eigenvalue weighted by Crippen LogP contribution is 2.37. The van der Waals surface area contributed by atoms with Gasteiger partial charge in [0.15, 0.2) is 0 Å². The molecule has 4 rings (SSSR count). The van der Waals surface area contributed by atoms with Gasteiger partial charge in [-0.1, -0.05) is 24.3 Å². The number of fused-ring (bicyclic) bond motifs is 1. The van der Waals surface area contributed by atoms with Gasteiger partial charge in [-0.15, -0.1) is 0 Å². The molecule has 33 heavy (non-hydrogen) atoms. The molecule has 0 saturated carbocycles. The zero-order valence-corrected chi connectivity index (χ0v) is 18.7. The van der Waals surface area contributed by atoms with Crippen LogP contribution in [-0.4, -0.2) is 36.5 Å². The summed E-state index contributed by atoms with van der Waals surface area (Å²) in [5.41, 5.74) is 10.7. The molecule has 0 radical (unpaired) electrons. The summed E-state index contributed by atoms with van der Waals surface area (Å²) in [6.07, 6.45) is 0. The molecular weight excluding hydrogens is 419 g/mol. The van der Waals surface area contributed by atoms with Gasteiger partial charge in [0.2, 0.25) is 11.8 Å². The van der Waals surface area contributed by atoms with Crippen molar-refractivity contribution in [1.29, 1.82) is 0 Å². The molecule has 1 heterocycles. The Kier molecular flexibility index (Phi) is 6.07. The van der Waals surface area contributed by atoms with Crippen LogP contribution in [0.1, 0.15) is 38.5 Å². The molecule has 6 nitrogen and oxygen atoms in total. The Hall–Kier alpha value is -3.84. The van der Waals surface area contributed by atoms with Crippen molar-refractivity contribution in [3.05, 3.63) is 94.3 Å². The molecule has 0 aromatic heterocycles. The van der Waals surface area contributed by atoms with Crippen molar-refractivity contribution in [1.82, 2.24) is 4.90 Å². The topological polar surface area (TPSA) is 87.8 Å². The highest BCUT2D eigenvalue weighted by Gasteiger charge is 2.36. The number of aryl methyl sites for hydroxylation is 1. The molecule has 0 aliphatic carbocycles. The fourth-order valence-corrected chi connectivity index (χ4v) is 4.07. The Morgan fingerprint density at radius 1 is 1.09 bits per heavy atom. The van der Waals surface area contributed by atoms with Crippen molar-refractivity contribution < 1.29 is 14.0 Å². The number of anilines is 1. The first-order valence-corrected chi connectivity index (χ1v) is 10.6. The Balaban J connectivity index is 1.84. The fraction of sp³-hybridized carbons (Fsp3) is 0.192. The largest absolute Gasteiger partial charge is 0.366 e. The molecule has 2 amide bonds. The number of nitrogens with zero attached hydrogens (tertiary/aromatic N) is 2. The number of carbonyl (C=O) groups is 2. The maximum absolute atomic E-state index is 13.8. The highest BCUT2D eigenvalue weighted by molar-refractivity contribution is 6.24. The monoisotopic (exact) mass is 444 g/mol. The zero-order chi connectivity index (χ0) is 23.7. The lowest BCUT2D eigenvalue weighted by molar-refractivity contribution is -0.115. The van der Waals surface area contributed by atoms with Crippen LogP contribution in [0.15, 0.2) is 65.7 Å². The van der Waals surface area contributed by atoms with Gasteiger partial charge in [0.1, 0.15) is 11.7 Å². The molecule has 0 saturated heterocycles. The normalized spacial score (nSPS) is 15.5. The van der Waals surface area contributed by atoms with E-state index in [9.17, 15) is 14.0 Å². The smallest absolute Gasteiger partial charge is 0.248 e. The van der Waals surface area contributed by atoms with Gasteiger partial charge in [0.25, 0.3) is 0 Å². The third-order valence-electron chi connectivity index (χ3n) is 5.59. The summed E-state index contributed by atoms with van der Waals surface area (Å²) in [5, 5.41) is 2.76. The summed E-state index contributed by atoms with van der Waals surface area (Å²) in [4.78, 5) is 31.6. The molecule has 1 unspecified atom stereocenters. The first-order chi connectivity index (χ1) is 15.7. The second kappa shape index (κ2) is 8.96. The minimum Gasteiger partial charge on any atom is -0.366 e. The molecular formula is C26H25FN4O2. The van der Waals surface area contributed by atoms with E-state index in [1.807, 2.05) is 45.3 Å². The van der Waals surface area contributed by atoms with Gasteiger partial charge >= 0.3 is 0 Å². The molecule has 3 N–H and O–H groups in total. The first-order valence-electron chi connectivity index (χ1n) is 10.6. The van der Waals surface area contributed by atoms with Gasteiger partial charge in [-0.05, 0) is 74.1 Å². The van der Waals surface area contributed by atoms with E-state index in [0.717, 1.165) is 23.2 Å². The lowest BCUT2D eigenvalue weighted by Gasteiger charge is -2.17. The van der Waals surface area contributed by atoms with E-state index in [4.69, 9.17) is 10.7 Å². The Bertz CT molecular complexity index is 1270. The maximum atomic E-state index is 13.8. The highest BCUT2D eigenvalue weighted by atomic mass is 19.1. The average Bonchev–Trinajstić information content (AvgIpc) is 3.07. The second-order valence-electron chi connectivity index (χ2n) is 8.45. The minimum absolute atomic E-state index is 0.281. The Morgan fingerprint density at radius 3 is 2.45 bits per heavy atom. The van der Waals surface area contributed by atoms with E-state index in [1.165, 1.54) is 12.1 Å². The van der Waals surface area contributed by atoms with Gasteiger partial charge in [-0.25, -0.2) is 4.39 Å². The molecule has 0 bridgehead atoms. The third-order valence-corrected chi connectivity index (χ3v) is 5.59. The summed E-state index contributed by atoms with van der Waals surface area (Å²) in [6, 6.07) is 17.1. The zero-order valence-electron chi connectivity index (χ0n) is 18.7. The molecule has 1 atom stereocenters. The summed E-state index contributed by atoms with van der Waals surface area (Å²) < 4.78 is 13.8. The van der Waals surface area contributed by atoms with Crippen molar-refractivity contribution in [3.63, 3.8) is 0 Å². The summed E-state index contributed by atoms with van der Waals surface area (Å²) in [7, 11) is 4.00. The van der Waals surface area contributed by atoms with Crippen LogP contribution in [0.2, 0.25) is 0 Å². The number of benzene rings is 3. The van der Waals surface area contributed by atoms with E-state index in [-0.39, 0.29) is 5.91 Å². The summed E-state index contributed by atoms with van der Waals surface area (Å²) in [6.45, 7) is 2.64. The van der Waals surface area contributed by atoms with Crippen LogP contribution in [0.4, 0.5) is 15.8 Å². The molecule has 1 aliphatic rings. The van der Waals surface area contributed by atoms with Crippen molar-refractivity contribution in [3.8, 4) is 0 Å². The van der Waals surface area contributed by atoms with Crippen molar-refractivity contribution >= 4 is 28.9 Å². The minimum atomic E-state index is -0.722. The third kappa shape index (κ3) is 4.68. The predicted octanol–water partition coefficient (Wildman–Crippen LogP) is 4.15. The van der Waals surface area contributed by atoms with E-state index >= 15 is 0 Å². The number of hydrogen-bond acceptors (Lipinski definition) is 4. The van der Waals surface area contributed by atoms with E-state index in [1.54, 1.807) is 24.3 Å². The number of nitrogens with two attached hydrogens (primary N) is 1. The number of rotatable bonds is 6. The van der Waals surface area contributed by atoms with Crippen LogP contribution in [0.5, 0.6) is 0 Å². The number of hydrogen-bond donors (Lipinski definition) is 2. The lowest BCUT2D eigenvalue weighted by atomic mass is 9.88. The summed E-state index contributed by atoms with van der Waals surface area (Å²) >= 11 is 0. The number of amides is 2. The van der Waals surface area contributed by atoms with Crippen LogP contribution in [0.3, 0.4) is 0 Å². The van der Waals surface area contributed by atoms with Crippen molar-refractivity contribution in [2.24, 2.45) is 10.7 Å². The SMILES string of the molecule is Cc1cc(C(N)=O)ccc1C(=Nc1ccc(CN(C)C)cc1)C1C(=O)Nc2cc(F)ccc21. The van der Waals surface area contributed by atoms with Crippen LogP contribution < -0.4 is 11.1 Å². The molecule has 0 spiro atoms. The van der Waals surface area contributed by atoms with Crippen molar-refractivity contribution in [2.45, 2.75) is 19.4 Å². The summed E-state index contributed by atoms with van der Waals surface area (Å²) in [5.74, 6) is -1.96. The predicted molar refractivity (Wildman–Crippen MR) is 127 cm³/mol.